The van der Waals surface area contributed by atoms with Crippen molar-refractivity contribution in [1.82, 2.24) is 0 Å². The largest absolute Gasteiger partial charge is 0.466 e. The Kier molecular flexibility index (Phi) is 9.40. The van der Waals surface area contributed by atoms with Crippen LogP contribution < -0.4 is 0 Å². The third kappa shape index (κ3) is 8.34. The highest BCUT2D eigenvalue weighted by molar-refractivity contribution is 5.69. The summed E-state index contributed by atoms with van der Waals surface area (Å²) in [5.74, 6) is 12.3. The van der Waals surface area contributed by atoms with E-state index in [-0.39, 0.29) is 5.97 Å². The number of carbonyl (C=O) groups excluding carboxylic acids is 1. The average Bonchev–Trinajstić information content (AvgIpc) is 3.19. The van der Waals surface area contributed by atoms with Gasteiger partial charge in [0, 0.05) is 12.0 Å². The highest BCUT2D eigenvalue weighted by Gasteiger charge is 2.02. The Hall–Kier alpha value is -2.91. The Morgan fingerprint density at radius 1 is 0.963 bits per heavy atom. The summed E-state index contributed by atoms with van der Waals surface area (Å²) in [4.78, 5) is 11.3. The van der Waals surface area contributed by atoms with Gasteiger partial charge in [-0.25, -0.2) is 0 Å². The molecule has 0 bridgehead atoms. The van der Waals surface area contributed by atoms with Crippen molar-refractivity contribution >= 4 is 5.97 Å². The highest BCUT2D eigenvalue weighted by Crippen LogP contribution is 2.13. The second-order valence-corrected chi connectivity index (χ2v) is 6.21. The van der Waals surface area contributed by atoms with E-state index in [1.165, 1.54) is 5.56 Å². The second kappa shape index (κ2) is 12.4. The van der Waals surface area contributed by atoms with E-state index in [9.17, 15) is 4.79 Å². The number of furan rings is 1. The van der Waals surface area contributed by atoms with E-state index >= 15 is 0 Å². The van der Waals surface area contributed by atoms with Crippen LogP contribution in [0.2, 0.25) is 0 Å². The van der Waals surface area contributed by atoms with Gasteiger partial charge in [-0.05, 0) is 67.7 Å². The van der Waals surface area contributed by atoms with Gasteiger partial charge in [-0.15, -0.1) is 0 Å². The summed E-state index contributed by atoms with van der Waals surface area (Å²) in [6.07, 6.45) is 8.54. The van der Waals surface area contributed by atoms with Crippen LogP contribution in [-0.2, 0) is 16.0 Å². The van der Waals surface area contributed by atoms with Crippen molar-refractivity contribution in [2.24, 2.45) is 0 Å². The first-order valence-electron chi connectivity index (χ1n) is 9.58. The number of esters is 1. The number of hydrogen-bond donors (Lipinski definition) is 0. The molecule has 0 fully saturated rings. The maximum atomic E-state index is 11.3. The quantitative estimate of drug-likeness (QED) is 0.353. The predicted molar refractivity (Wildman–Crippen MR) is 107 cm³/mol. The van der Waals surface area contributed by atoms with Crippen molar-refractivity contribution in [3.63, 3.8) is 0 Å². The molecular weight excluding hydrogens is 336 g/mol. The monoisotopic (exact) mass is 362 g/mol. The van der Waals surface area contributed by atoms with Gasteiger partial charge in [0.05, 0.1) is 12.9 Å². The Labute approximate surface area is 162 Å². The molecule has 0 amide bonds. The number of aryl methyl sites for hydroxylation is 1. The van der Waals surface area contributed by atoms with E-state index in [4.69, 9.17) is 9.15 Å². The predicted octanol–water partition coefficient (Wildman–Crippen LogP) is 5.13. The smallest absolute Gasteiger partial charge is 0.305 e. The molecule has 2 aromatic rings. The van der Waals surface area contributed by atoms with E-state index in [1.54, 1.807) is 6.26 Å². The molecule has 1 aromatic carbocycles. The number of rotatable bonds is 9. The minimum absolute atomic E-state index is 0.0832. The molecule has 0 aliphatic rings. The summed E-state index contributed by atoms with van der Waals surface area (Å²) in [6, 6.07) is 11.8. The van der Waals surface area contributed by atoms with Gasteiger partial charge in [0.25, 0.3) is 0 Å². The molecule has 0 spiro atoms. The van der Waals surface area contributed by atoms with Crippen LogP contribution in [0.15, 0.2) is 47.1 Å². The van der Waals surface area contributed by atoms with Crippen LogP contribution in [0, 0.1) is 23.7 Å². The van der Waals surface area contributed by atoms with Crippen molar-refractivity contribution in [3.8, 4) is 23.7 Å². The average molecular weight is 362 g/mol. The van der Waals surface area contributed by atoms with E-state index < -0.39 is 0 Å². The molecule has 0 radical (unpaired) electrons. The molecule has 140 valence electrons. The molecule has 2 rings (SSSR count). The normalized spacial score (nSPS) is 9.67. The van der Waals surface area contributed by atoms with Crippen molar-refractivity contribution in [2.45, 2.75) is 51.9 Å². The zero-order valence-corrected chi connectivity index (χ0v) is 15.9. The van der Waals surface area contributed by atoms with E-state index in [1.807, 2.05) is 37.3 Å². The number of carbonyl (C=O) groups is 1. The van der Waals surface area contributed by atoms with Crippen LogP contribution in [0.25, 0.3) is 0 Å². The lowest BCUT2D eigenvalue weighted by atomic mass is 10.0. The first-order valence-corrected chi connectivity index (χ1v) is 9.58. The van der Waals surface area contributed by atoms with Crippen LogP contribution in [0.3, 0.4) is 0 Å². The fraction of sp³-hybridized carbons (Fsp3) is 0.375. The third-order valence-electron chi connectivity index (χ3n) is 4.12. The van der Waals surface area contributed by atoms with Crippen molar-refractivity contribution in [3.05, 3.63) is 59.5 Å². The topological polar surface area (TPSA) is 39.4 Å². The van der Waals surface area contributed by atoms with Crippen molar-refractivity contribution in [2.75, 3.05) is 6.61 Å². The fourth-order valence-corrected chi connectivity index (χ4v) is 2.75. The van der Waals surface area contributed by atoms with Gasteiger partial charge < -0.3 is 9.15 Å². The fourth-order valence-electron chi connectivity index (χ4n) is 2.75. The molecule has 0 aliphatic heterocycles. The van der Waals surface area contributed by atoms with Gasteiger partial charge in [0.2, 0.25) is 0 Å². The van der Waals surface area contributed by atoms with Crippen LogP contribution >= 0.6 is 0 Å². The molecule has 1 aromatic heterocycles. The Balaban J connectivity index is 1.72. The lowest BCUT2D eigenvalue weighted by molar-refractivity contribution is -0.143. The maximum Gasteiger partial charge on any atom is 0.305 e. The molecule has 0 saturated carbocycles. The maximum absolute atomic E-state index is 11.3. The first kappa shape index (κ1) is 20.4. The van der Waals surface area contributed by atoms with Gasteiger partial charge in [-0.3, -0.25) is 4.79 Å². The third-order valence-corrected chi connectivity index (χ3v) is 4.12. The van der Waals surface area contributed by atoms with Crippen LogP contribution in [0.5, 0.6) is 0 Å². The zero-order chi connectivity index (χ0) is 19.2. The summed E-state index contributed by atoms with van der Waals surface area (Å²) in [5.41, 5.74) is 2.30. The molecule has 0 N–H and O–H groups in total. The molecule has 0 saturated heterocycles. The number of ether oxygens (including phenoxy) is 1. The molecule has 0 atom stereocenters. The van der Waals surface area contributed by atoms with Gasteiger partial charge in [0.1, 0.15) is 0 Å². The summed E-state index contributed by atoms with van der Waals surface area (Å²) >= 11 is 0. The van der Waals surface area contributed by atoms with Crippen molar-refractivity contribution in [1.29, 1.82) is 0 Å². The molecule has 1 heterocycles. The number of unbranched alkanes of at least 4 members (excludes halogenated alkanes) is 4. The lowest BCUT2D eigenvalue weighted by Gasteiger charge is -2.05. The van der Waals surface area contributed by atoms with Gasteiger partial charge in [-0.2, -0.15) is 0 Å². The van der Waals surface area contributed by atoms with Gasteiger partial charge >= 0.3 is 5.97 Å². The number of hydrogen-bond acceptors (Lipinski definition) is 3. The van der Waals surface area contributed by atoms with E-state index in [0.29, 0.717) is 18.8 Å². The molecule has 0 aliphatic carbocycles. The van der Waals surface area contributed by atoms with E-state index in [0.717, 1.165) is 44.1 Å². The van der Waals surface area contributed by atoms with Crippen LogP contribution in [0.1, 0.15) is 62.3 Å². The van der Waals surface area contributed by atoms with Crippen LogP contribution in [0.4, 0.5) is 0 Å². The minimum Gasteiger partial charge on any atom is -0.466 e. The second-order valence-electron chi connectivity index (χ2n) is 6.21. The Bertz CT molecular complexity index is 811. The van der Waals surface area contributed by atoms with Gasteiger partial charge in [0.15, 0.2) is 5.76 Å². The number of benzene rings is 1. The Morgan fingerprint density at radius 3 is 2.56 bits per heavy atom. The summed E-state index contributed by atoms with van der Waals surface area (Å²) in [6.45, 7) is 2.31. The molecule has 27 heavy (non-hydrogen) atoms. The zero-order valence-electron chi connectivity index (χ0n) is 15.9. The standard InChI is InChI=1S/C24H26O3/c1-2-26-24(25)19-7-5-3-4-6-13-21-14-8-9-15-22(21)16-10-11-17-23-18-12-20-27-23/h8-9,12,14-15,18,20H,2-7,13,19H2,1H3. The summed E-state index contributed by atoms with van der Waals surface area (Å²) < 4.78 is 10.1. The molecule has 0 unspecified atom stereocenters. The van der Waals surface area contributed by atoms with Gasteiger partial charge in [-0.1, -0.05) is 43.4 Å². The van der Waals surface area contributed by atoms with E-state index in [2.05, 4.69) is 29.7 Å². The molecule has 3 nitrogen and oxygen atoms in total. The molecule has 3 heteroatoms. The Morgan fingerprint density at radius 2 is 1.74 bits per heavy atom. The molecular formula is C24H26O3. The highest BCUT2D eigenvalue weighted by atomic mass is 16.5. The van der Waals surface area contributed by atoms with Crippen LogP contribution in [-0.4, -0.2) is 12.6 Å². The summed E-state index contributed by atoms with van der Waals surface area (Å²) in [5, 5.41) is 0. The van der Waals surface area contributed by atoms with Crippen molar-refractivity contribution < 1.29 is 13.9 Å². The summed E-state index contributed by atoms with van der Waals surface area (Å²) in [7, 11) is 0. The SMILES string of the molecule is CCOC(=O)CCCCCCCc1ccccc1C#CC#Cc1ccco1. The first-order chi connectivity index (χ1) is 13.3. The lowest BCUT2D eigenvalue weighted by Crippen LogP contribution is -2.03. The minimum atomic E-state index is -0.0832.